The van der Waals surface area contributed by atoms with Crippen LogP contribution in [0.15, 0.2) is 18.5 Å². The third-order valence-electron chi connectivity index (χ3n) is 3.81. The quantitative estimate of drug-likeness (QED) is 0.852. The molecular weight excluding hydrogens is 252 g/mol. The second-order valence-electron chi connectivity index (χ2n) is 5.45. The number of aryl methyl sites for hydroxylation is 1. The Kier molecular flexibility index (Phi) is 4.16. The topological polar surface area (TPSA) is 51.5 Å². The molecule has 0 amide bonds. The van der Waals surface area contributed by atoms with E-state index in [4.69, 9.17) is 4.74 Å². The maximum Gasteiger partial charge on any atom is 0.152 e. The Hall–Kier alpha value is -1.62. The van der Waals surface area contributed by atoms with Crippen LogP contribution in [-0.2, 0) is 4.74 Å². The second kappa shape index (κ2) is 6.22. The molecule has 0 atom stereocenters. The van der Waals surface area contributed by atoms with Crippen LogP contribution in [0.5, 0.6) is 0 Å². The summed E-state index contributed by atoms with van der Waals surface area (Å²) in [6.07, 6.45) is 10.5. The Labute approximate surface area is 119 Å². The highest BCUT2D eigenvalue weighted by Gasteiger charge is 2.13. The fraction of sp³-hybridized carbons (Fsp3) is 0.600. The predicted octanol–water partition coefficient (Wildman–Crippen LogP) is 2.80. The van der Waals surface area contributed by atoms with Gasteiger partial charge in [0.2, 0.25) is 0 Å². The van der Waals surface area contributed by atoms with E-state index in [1.54, 1.807) is 6.20 Å². The van der Waals surface area contributed by atoms with E-state index in [9.17, 15) is 0 Å². The van der Waals surface area contributed by atoms with Crippen molar-refractivity contribution >= 4 is 11.3 Å². The van der Waals surface area contributed by atoms with Gasteiger partial charge in [-0.1, -0.05) is 19.3 Å². The summed E-state index contributed by atoms with van der Waals surface area (Å²) < 4.78 is 7.76. The average molecular weight is 274 g/mol. The molecule has 1 saturated carbocycles. The molecule has 1 fully saturated rings. The summed E-state index contributed by atoms with van der Waals surface area (Å²) >= 11 is 0. The first-order valence-electron chi connectivity index (χ1n) is 7.49. The smallest absolute Gasteiger partial charge is 0.152 e. The molecule has 5 nitrogen and oxygen atoms in total. The van der Waals surface area contributed by atoms with Gasteiger partial charge in [-0.15, -0.1) is 0 Å². The van der Waals surface area contributed by atoms with Crippen LogP contribution in [0, 0.1) is 6.92 Å². The molecular formula is C15H22N4O. The minimum absolute atomic E-state index is 0.464. The minimum atomic E-state index is 0.464. The summed E-state index contributed by atoms with van der Waals surface area (Å²) in [7, 11) is 0. The first kappa shape index (κ1) is 13.4. The van der Waals surface area contributed by atoms with Gasteiger partial charge in [-0.05, 0) is 25.8 Å². The fourth-order valence-electron chi connectivity index (χ4n) is 2.81. The van der Waals surface area contributed by atoms with Crippen molar-refractivity contribution in [3.05, 3.63) is 24.2 Å². The summed E-state index contributed by atoms with van der Waals surface area (Å²) in [5, 5.41) is 7.72. The highest BCUT2D eigenvalue weighted by Crippen LogP contribution is 2.20. The van der Waals surface area contributed by atoms with Crippen LogP contribution >= 0.6 is 0 Å². The minimum Gasteiger partial charge on any atom is -0.376 e. The van der Waals surface area contributed by atoms with Crippen molar-refractivity contribution in [1.82, 2.24) is 14.6 Å². The average Bonchev–Trinajstić information content (AvgIpc) is 2.86. The lowest BCUT2D eigenvalue weighted by atomic mass is 9.98. The highest BCUT2D eigenvalue weighted by atomic mass is 16.5. The first-order chi connectivity index (χ1) is 9.83. The van der Waals surface area contributed by atoms with Gasteiger partial charge < -0.3 is 10.1 Å². The Morgan fingerprint density at radius 1 is 1.35 bits per heavy atom. The summed E-state index contributed by atoms with van der Waals surface area (Å²) in [5.74, 6) is 0.875. The van der Waals surface area contributed by atoms with Gasteiger partial charge in [-0.3, -0.25) is 0 Å². The van der Waals surface area contributed by atoms with Crippen LogP contribution in [0.3, 0.4) is 0 Å². The zero-order valence-corrected chi connectivity index (χ0v) is 12.0. The van der Waals surface area contributed by atoms with E-state index in [0.717, 1.165) is 30.2 Å². The summed E-state index contributed by atoms with van der Waals surface area (Å²) in [5.41, 5.74) is 2.02. The highest BCUT2D eigenvalue weighted by molar-refractivity contribution is 5.67. The molecule has 1 aliphatic carbocycles. The van der Waals surface area contributed by atoms with E-state index in [1.165, 1.54) is 32.1 Å². The van der Waals surface area contributed by atoms with Gasteiger partial charge in [0.25, 0.3) is 0 Å². The third-order valence-corrected chi connectivity index (χ3v) is 3.81. The molecule has 1 aliphatic rings. The number of hydrogen-bond donors (Lipinski definition) is 1. The number of anilines is 1. The molecule has 5 heteroatoms. The zero-order valence-electron chi connectivity index (χ0n) is 12.0. The van der Waals surface area contributed by atoms with Gasteiger partial charge in [0, 0.05) is 18.9 Å². The normalized spacial score (nSPS) is 16.6. The molecule has 0 unspecified atom stereocenters. The van der Waals surface area contributed by atoms with Crippen LogP contribution in [0.1, 0.15) is 37.8 Å². The van der Waals surface area contributed by atoms with Gasteiger partial charge in [0.15, 0.2) is 5.82 Å². The maximum absolute atomic E-state index is 5.91. The number of aromatic nitrogens is 3. The largest absolute Gasteiger partial charge is 0.376 e. The van der Waals surface area contributed by atoms with Crippen LogP contribution in [-0.4, -0.2) is 33.9 Å². The van der Waals surface area contributed by atoms with Gasteiger partial charge in [-0.2, -0.15) is 5.10 Å². The molecule has 2 aromatic heterocycles. The zero-order chi connectivity index (χ0) is 13.8. The number of rotatable bonds is 5. The van der Waals surface area contributed by atoms with E-state index in [-0.39, 0.29) is 0 Å². The SMILES string of the molecule is Cc1cc2c(NCCOC3CCCCC3)nccn2n1. The van der Waals surface area contributed by atoms with Gasteiger partial charge in [0.05, 0.1) is 18.4 Å². The molecule has 2 heterocycles. The van der Waals surface area contributed by atoms with Crippen LogP contribution in [0.2, 0.25) is 0 Å². The van der Waals surface area contributed by atoms with Crippen molar-refractivity contribution in [1.29, 1.82) is 0 Å². The predicted molar refractivity (Wildman–Crippen MR) is 79.0 cm³/mol. The molecule has 108 valence electrons. The molecule has 0 spiro atoms. The monoisotopic (exact) mass is 274 g/mol. The van der Waals surface area contributed by atoms with Gasteiger partial charge in [0.1, 0.15) is 5.52 Å². The maximum atomic E-state index is 5.91. The molecule has 1 N–H and O–H groups in total. The van der Waals surface area contributed by atoms with E-state index < -0.39 is 0 Å². The van der Waals surface area contributed by atoms with Crippen molar-refractivity contribution in [2.24, 2.45) is 0 Å². The number of nitrogens with one attached hydrogen (secondary N) is 1. The van der Waals surface area contributed by atoms with Crippen molar-refractivity contribution < 1.29 is 4.74 Å². The van der Waals surface area contributed by atoms with E-state index in [1.807, 2.05) is 23.7 Å². The molecule has 0 aromatic carbocycles. The molecule has 3 rings (SSSR count). The van der Waals surface area contributed by atoms with Gasteiger partial charge in [-0.25, -0.2) is 9.50 Å². The Morgan fingerprint density at radius 3 is 3.05 bits per heavy atom. The first-order valence-corrected chi connectivity index (χ1v) is 7.49. The number of nitrogens with zero attached hydrogens (tertiary/aromatic N) is 3. The summed E-state index contributed by atoms with van der Waals surface area (Å²) in [4.78, 5) is 4.38. The van der Waals surface area contributed by atoms with E-state index in [0.29, 0.717) is 6.10 Å². The van der Waals surface area contributed by atoms with Gasteiger partial charge >= 0.3 is 0 Å². The lowest BCUT2D eigenvalue weighted by Gasteiger charge is -2.22. The lowest BCUT2D eigenvalue weighted by Crippen LogP contribution is -2.20. The lowest BCUT2D eigenvalue weighted by molar-refractivity contribution is 0.0347. The number of ether oxygens (including phenoxy) is 1. The molecule has 0 saturated heterocycles. The van der Waals surface area contributed by atoms with Crippen molar-refractivity contribution in [2.45, 2.75) is 45.1 Å². The number of fused-ring (bicyclic) bond motifs is 1. The van der Waals surface area contributed by atoms with E-state index in [2.05, 4.69) is 15.4 Å². The van der Waals surface area contributed by atoms with Crippen LogP contribution < -0.4 is 5.32 Å². The van der Waals surface area contributed by atoms with Crippen molar-refractivity contribution in [2.75, 3.05) is 18.5 Å². The number of hydrogen-bond acceptors (Lipinski definition) is 4. The summed E-state index contributed by atoms with van der Waals surface area (Å²) in [6.45, 7) is 3.51. The fourth-order valence-corrected chi connectivity index (χ4v) is 2.81. The molecule has 2 aromatic rings. The van der Waals surface area contributed by atoms with Crippen LogP contribution in [0.4, 0.5) is 5.82 Å². The Morgan fingerprint density at radius 2 is 2.20 bits per heavy atom. The third kappa shape index (κ3) is 3.10. The van der Waals surface area contributed by atoms with E-state index >= 15 is 0 Å². The standard InChI is InChI=1S/C15H22N4O/c1-12-11-14-15(16-7-9-19(14)18-12)17-8-10-20-13-5-3-2-4-6-13/h7,9,11,13H,2-6,8,10H2,1H3,(H,16,17). The van der Waals surface area contributed by atoms with Crippen LogP contribution in [0.25, 0.3) is 5.52 Å². The van der Waals surface area contributed by atoms with Crippen molar-refractivity contribution in [3.63, 3.8) is 0 Å². The second-order valence-corrected chi connectivity index (χ2v) is 5.45. The molecule has 20 heavy (non-hydrogen) atoms. The Balaban J connectivity index is 1.52. The molecule has 0 radical (unpaired) electrons. The molecule has 0 bridgehead atoms. The molecule has 0 aliphatic heterocycles. The van der Waals surface area contributed by atoms with Crippen molar-refractivity contribution in [3.8, 4) is 0 Å². The Bertz CT molecular complexity index is 560. The summed E-state index contributed by atoms with van der Waals surface area (Å²) in [6, 6.07) is 2.04.